The van der Waals surface area contributed by atoms with Crippen molar-refractivity contribution in [2.75, 3.05) is 63.0 Å². The van der Waals surface area contributed by atoms with Crippen molar-refractivity contribution in [3.05, 3.63) is 54.4 Å². The lowest BCUT2D eigenvalue weighted by atomic mass is 10.2. The van der Waals surface area contributed by atoms with Gasteiger partial charge in [0.05, 0.1) is 43.0 Å². The number of hydrogen-bond donors (Lipinski definition) is 3. The van der Waals surface area contributed by atoms with Gasteiger partial charge in [-0.3, -0.25) is 4.79 Å². The lowest BCUT2D eigenvalue weighted by Gasteiger charge is -2.33. The Morgan fingerprint density at radius 1 is 0.912 bits per heavy atom. The first kappa shape index (κ1) is 23.1. The molecule has 10 nitrogen and oxygen atoms in total. The molecule has 3 heterocycles. The van der Waals surface area contributed by atoms with Crippen molar-refractivity contribution in [1.82, 2.24) is 14.9 Å². The van der Waals surface area contributed by atoms with Gasteiger partial charge in [0.15, 0.2) is 0 Å². The van der Waals surface area contributed by atoms with Crippen LogP contribution in [0.3, 0.4) is 0 Å². The zero-order valence-electron chi connectivity index (χ0n) is 19.5. The molecule has 0 aliphatic carbocycles. The van der Waals surface area contributed by atoms with Crippen molar-refractivity contribution >= 4 is 34.6 Å². The Hall–Kier alpha value is -4.05. The van der Waals surface area contributed by atoms with Gasteiger partial charge >= 0.3 is 0 Å². The quantitative estimate of drug-likeness (QED) is 0.463. The van der Waals surface area contributed by atoms with E-state index in [0.29, 0.717) is 34.5 Å². The fourth-order valence-corrected chi connectivity index (χ4v) is 3.72. The molecule has 1 aromatic carbocycles. The largest absolute Gasteiger partial charge is 0.497 e. The molecule has 1 fully saturated rings. The van der Waals surface area contributed by atoms with E-state index >= 15 is 0 Å². The minimum atomic E-state index is -0.599. The molecule has 4 N–H and O–H groups in total. The second-order valence-electron chi connectivity index (χ2n) is 7.99. The van der Waals surface area contributed by atoms with Gasteiger partial charge in [-0.2, -0.15) is 0 Å². The molecule has 10 heteroatoms. The topological polar surface area (TPSA) is 118 Å². The third-order valence-electron chi connectivity index (χ3n) is 5.72. The van der Waals surface area contributed by atoms with E-state index in [2.05, 4.69) is 37.4 Å². The number of likely N-dealkylation sites (N-methyl/N-ethyl adjacent to an activating group) is 1. The van der Waals surface area contributed by atoms with Gasteiger partial charge in [-0.25, -0.2) is 9.97 Å². The van der Waals surface area contributed by atoms with E-state index in [1.165, 1.54) is 6.20 Å². The summed E-state index contributed by atoms with van der Waals surface area (Å²) in [5, 5.41) is 6.40. The number of piperazine rings is 1. The number of amides is 1. The first-order valence-electron chi connectivity index (χ1n) is 10.9. The van der Waals surface area contributed by atoms with Crippen molar-refractivity contribution in [2.45, 2.75) is 0 Å². The van der Waals surface area contributed by atoms with E-state index in [1.54, 1.807) is 38.5 Å². The Kier molecular flexibility index (Phi) is 6.98. The van der Waals surface area contributed by atoms with E-state index in [-0.39, 0.29) is 5.56 Å². The highest BCUT2D eigenvalue weighted by atomic mass is 16.5. The van der Waals surface area contributed by atoms with E-state index in [4.69, 9.17) is 15.2 Å². The highest BCUT2D eigenvalue weighted by Gasteiger charge is 2.16. The van der Waals surface area contributed by atoms with Crippen LogP contribution in [0.1, 0.15) is 10.4 Å². The normalized spacial score (nSPS) is 13.9. The van der Waals surface area contributed by atoms with Crippen molar-refractivity contribution in [3.63, 3.8) is 0 Å². The average Bonchev–Trinajstić information content (AvgIpc) is 2.85. The summed E-state index contributed by atoms with van der Waals surface area (Å²) in [5.74, 6) is 1.78. The molecular formula is C24H29N7O3. The number of nitrogens with one attached hydrogen (secondary N) is 2. The van der Waals surface area contributed by atoms with Crippen LogP contribution >= 0.6 is 0 Å². The molecule has 0 atom stereocenters. The first-order valence-corrected chi connectivity index (χ1v) is 10.9. The van der Waals surface area contributed by atoms with E-state index in [1.807, 2.05) is 18.3 Å². The van der Waals surface area contributed by atoms with Crippen molar-refractivity contribution in [3.8, 4) is 11.5 Å². The molecule has 2 aromatic heterocycles. The number of benzene rings is 1. The number of nitrogens with zero attached hydrogens (tertiary/aromatic N) is 4. The second-order valence-corrected chi connectivity index (χ2v) is 7.99. The lowest BCUT2D eigenvalue weighted by molar-refractivity contribution is 0.100. The fraction of sp³-hybridized carbons (Fsp3) is 0.292. The molecular weight excluding hydrogens is 434 g/mol. The van der Waals surface area contributed by atoms with Crippen molar-refractivity contribution < 1.29 is 14.3 Å². The minimum Gasteiger partial charge on any atom is -0.497 e. The molecule has 178 valence electrons. The summed E-state index contributed by atoms with van der Waals surface area (Å²) in [6, 6.07) is 11.0. The van der Waals surface area contributed by atoms with Gasteiger partial charge < -0.3 is 35.6 Å². The highest BCUT2D eigenvalue weighted by Crippen LogP contribution is 2.33. The van der Waals surface area contributed by atoms with Crippen LogP contribution in [0.25, 0.3) is 0 Å². The Morgan fingerprint density at radius 3 is 2.32 bits per heavy atom. The summed E-state index contributed by atoms with van der Waals surface area (Å²) in [4.78, 5) is 25.5. The average molecular weight is 464 g/mol. The van der Waals surface area contributed by atoms with Crippen molar-refractivity contribution in [2.24, 2.45) is 5.73 Å². The second kappa shape index (κ2) is 10.3. The number of pyridine rings is 2. The molecule has 1 aliphatic heterocycles. The van der Waals surface area contributed by atoms with Gasteiger partial charge in [0.25, 0.3) is 5.91 Å². The van der Waals surface area contributed by atoms with Gasteiger partial charge in [-0.1, -0.05) is 0 Å². The predicted molar refractivity (Wildman–Crippen MR) is 133 cm³/mol. The van der Waals surface area contributed by atoms with Gasteiger partial charge in [-0.15, -0.1) is 0 Å². The summed E-state index contributed by atoms with van der Waals surface area (Å²) in [6.07, 6.45) is 3.28. The monoisotopic (exact) mass is 463 g/mol. The summed E-state index contributed by atoms with van der Waals surface area (Å²) in [6.45, 7) is 4.02. The fourth-order valence-electron chi connectivity index (χ4n) is 3.72. The highest BCUT2D eigenvalue weighted by molar-refractivity contribution is 5.99. The van der Waals surface area contributed by atoms with Crippen molar-refractivity contribution in [1.29, 1.82) is 0 Å². The number of carbonyl (C=O) groups is 1. The molecule has 1 saturated heterocycles. The van der Waals surface area contributed by atoms with Crippen LogP contribution in [0.5, 0.6) is 11.5 Å². The Morgan fingerprint density at radius 2 is 1.68 bits per heavy atom. The third-order valence-corrected chi connectivity index (χ3v) is 5.72. The summed E-state index contributed by atoms with van der Waals surface area (Å²) in [7, 11) is 5.28. The maximum Gasteiger partial charge on any atom is 0.252 e. The molecule has 0 spiro atoms. The van der Waals surface area contributed by atoms with Crippen LogP contribution < -0.4 is 30.7 Å². The number of ether oxygens (including phenoxy) is 2. The molecule has 0 saturated carbocycles. The third kappa shape index (κ3) is 5.29. The zero-order chi connectivity index (χ0) is 24.1. The van der Waals surface area contributed by atoms with Crippen LogP contribution in [0.2, 0.25) is 0 Å². The molecule has 0 unspecified atom stereocenters. The van der Waals surface area contributed by atoms with Crippen LogP contribution in [0.4, 0.5) is 28.7 Å². The van der Waals surface area contributed by atoms with E-state index in [9.17, 15) is 4.79 Å². The number of hydrogen-bond acceptors (Lipinski definition) is 9. The predicted octanol–water partition coefficient (Wildman–Crippen LogP) is 2.83. The van der Waals surface area contributed by atoms with E-state index in [0.717, 1.165) is 31.9 Å². The van der Waals surface area contributed by atoms with E-state index < -0.39 is 5.91 Å². The Labute approximate surface area is 198 Å². The number of anilines is 5. The van der Waals surface area contributed by atoms with Crippen LogP contribution in [0, 0.1) is 0 Å². The molecule has 1 aliphatic rings. The smallest absolute Gasteiger partial charge is 0.252 e. The summed E-state index contributed by atoms with van der Waals surface area (Å²) in [5.41, 5.74) is 8.01. The number of carbonyl (C=O) groups excluding carboxylic acids is 1. The minimum absolute atomic E-state index is 0.244. The van der Waals surface area contributed by atoms with Gasteiger partial charge in [-0.05, 0) is 31.3 Å². The van der Waals surface area contributed by atoms with Gasteiger partial charge in [0.1, 0.15) is 23.1 Å². The van der Waals surface area contributed by atoms with Crippen LogP contribution in [-0.2, 0) is 0 Å². The number of rotatable bonds is 8. The Balaban J connectivity index is 1.55. The van der Waals surface area contributed by atoms with Crippen LogP contribution in [-0.4, -0.2) is 68.2 Å². The molecule has 3 aromatic rings. The molecule has 34 heavy (non-hydrogen) atoms. The first-order chi connectivity index (χ1) is 16.5. The number of methoxy groups -OCH3 is 2. The van der Waals surface area contributed by atoms with Gasteiger partial charge in [0, 0.05) is 44.5 Å². The SMILES string of the molecule is COc1ccc(OC)c(Nc2cc(Nc3ccc(N4CCN(C)CC4)cn3)ncc2C(N)=O)c1. The summed E-state index contributed by atoms with van der Waals surface area (Å²) >= 11 is 0. The molecule has 0 bridgehead atoms. The molecule has 4 rings (SSSR count). The maximum absolute atomic E-state index is 12.0. The molecule has 1 amide bonds. The lowest BCUT2D eigenvalue weighted by Crippen LogP contribution is -2.44. The molecule has 0 radical (unpaired) electrons. The zero-order valence-corrected chi connectivity index (χ0v) is 19.5. The Bertz CT molecular complexity index is 1150. The number of aromatic nitrogens is 2. The summed E-state index contributed by atoms with van der Waals surface area (Å²) < 4.78 is 10.7. The van der Waals surface area contributed by atoms with Gasteiger partial charge in [0.2, 0.25) is 0 Å². The number of primary amides is 1. The standard InChI is InChI=1S/C24H29N7O3/c1-30-8-10-31(11-9-30)16-4-7-22(26-14-16)29-23-13-19(18(15-27-23)24(25)32)28-20-12-17(33-2)5-6-21(20)34-3/h4-7,12-15H,8-11H2,1-3H3,(H2,25,32)(H2,26,27,28,29). The van der Waals surface area contributed by atoms with Crippen LogP contribution in [0.15, 0.2) is 48.8 Å². The maximum atomic E-state index is 12.0. The number of nitrogens with two attached hydrogens (primary N) is 1.